The molecule has 0 radical (unpaired) electrons. The van der Waals surface area contributed by atoms with E-state index in [0.717, 1.165) is 19.8 Å². The SMILES string of the molecule is CCNCNCC[C+]1CCCCCC1. The monoisotopic (exact) mass is 197 g/mol. The van der Waals surface area contributed by atoms with Crippen molar-refractivity contribution in [1.82, 2.24) is 10.6 Å². The van der Waals surface area contributed by atoms with Gasteiger partial charge in [0, 0.05) is 13.2 Å². The van der Waals surface area contributed by atoms with Gasteiger partial charge in [0.15, 0.2) is 0 Å². The van der Waals surface area contributed by atoms with Gasteiger partial charge in [-0.15, -0.1) is 0 Å². The summed E-state index contributed by atoms with van der Waals surface area (Å²) in [6, 6.07) is 0. The highest BCUT2D eigenvalue weighted by Crippen LogP contribution is 2.26. The Hall–Kier alpha value is -0.210. The van der Waals surface area contributed by atoms with Crippen LogP contribution in [-0.2, 0) is 0 Å². The molecule has 1 aliphatic rings. The van der Waals surface area contributed by atoms with Gasteiger partial charge in [0.1, 0.15) is 6.42 Å². The van der Waals surface area contributed by atoms with E-state index >= 15 is 0 Å². The minimum Gasteiger partial charge on any atom is -0.305 e. The third kappa shape index (κ3) is 5.51. The van der Waals surface area contributed by atoms with E-state index in [0.29, 0.717) is 0 Å². The Labute approximate surface area is 88.8 Å². The average molecular weight is 197 g/mol. The Bertz CT molecular complexity index is 117. The van der Waals surface area contributed by atoms with Crippen molar-refractivity contribution in [1.29, 1.82) is 0 Å². The number of rotatable bonds is 6. The molecular formula is C12H25N2+. The van der Waals surface area contributed by atoms with E-state index in [1.807, 2.05) is 0 Å². The zero-order chi connectivity index (χ0) is 10.1. The Kier molecular flexibility index (Phi) is 6.89. The topological polar surface area (TPSA) is 24.1 Å². The summed E-state index contributed by atoms with van der Waals surface area (Å²) in [6.07, 6.45) is 9.85. The highest BCUT2D eigenvalue weighted by atomic mass is 15.0. The Morgan fingerprint density at radius 3 is 2.36 bits per heavy atom. The Morgan fingerprint density at radius 1 is 1.00 bits per heavy atom. The van der Waals surface area contributed by atoms with Gasteiger partial charge in [-0.25, -0.2) is 0 Å². The lowest BCUT2D eigenvalue weighted by Crippen LogP contribution is -2.29. The summed E-state index contributed by atoms with van der Waals surface area (Å²) < 4.78 is 0. The lowest BCUT2D eigenvalue weighted by Gasteiger charge is -2.05. The maximum absolute atomic E-state index is 3.42. The van der Waals surface area contributed by atoms with E-state index in [9.17, 15) is 0 Å². The number of nitrogens with one attached hydrogen (secondary N) is 2. The molecule has 2 N–H and O–H groups in total. The molecule has 1 fully saturated rings. The van der Waals surface area contributed by atoms with Crippen molar-refractivity contribution in [2.45, 2.75) is 51.9 Å². The first-order chi connectivity index (χ1) is 6.93. The van der Waals surface area contributed by atoms with Crippen LogP contribution in [0.3, 0.4) is 0 Å². The smallest absolute Gasteiger partial charge is 0.102 e. The minimum atomic E-state index is 0.962. The third-order valence-electron chi connectivity index (χ3n) is 2.97. The predicted molar refractivity (Wildman–Crippen MR) is 62.1 cm³/mol. The van der Waals surface area contributed by atoms with Crippen LogP contribution in [0.2, 0.25) is 0 Å². The van der Waals surface area contributed by atoms with Crippen LogP contribution in [0, 0.1) is 5.92 Å². The van der Waals surface area contributed by atoms with Gasteiger partial charge in [0.05, 0.1) is 18.8 Å². The van der Waals surface area contributed by atoms with Crippen molar-refractivity contribution in [2.24, 2.45) is 0 Å². The summed E-state index contributed by atoms with van der Waals surface area (Å²) in [5.74, 6) is 1.80. The quantitative estimate of drug-likeness (QED) is 0.296. The van der Waals surface area contributed by atoms with Gasteiger partial charge in [-0.05, 0) is 32.2 Å². The molecule has 1 rings (SSSR count). The first-order valence-electron chi connectivity index (χ1n) is 6.18. The first-order valence-corrected chi connectivity index (χ1v) is 6.18. The summed E-state index contributed by atoms with van der Waals surface area (Å²) in [5.41, 5.74) is 0. The summed E-state index contributed by atoms with van der Waals surface area (Å²) in [4.78, 5) is 0. The van der Waals surface area contributed by atoms with Gasteiger partial charge in [-0.1, -0.05) is 6.92 Å². The lowest BCUT2D eigenvalue weighted by atomic mass is 9.97. The first kappa shape index (κ1) is 11.9. The Balaban J connectivity index is 1.93. The molecule has 0 aromatic rings. The summed E-state index contributed by atoms with van der Waals surface area (Å²) in [5, 5.41) is 6.70. The molecule has 0 aromatic heterocycles. The normalized spacial score (nSPS) is 18.2. The predicted octanol–water partition coefficient (Wildman–Crippen LogP) is 2.46. The maximum atomic E-state index is 3.42. The molecule has 0 spiro atoms. The zero-order valence-corrected chi connectivity index (χ0v) is 9.57. The van der Waals surface area contributed by atoms with E-state index in [2.05, 4.69) is 17.6 Å². The zero-order valence-electron chi connectivity index (χ0n) is 9.57. The van der Waals surface area contributed by atoms with Crippen LogP contribution < -0.4 is 10.6 Å². The minimum absolute atomic E-state index is 0.962. The van der Waals surface area contributed by atoms with Gasteiger partial charge in [-0.3, -0.25) is 0 Å². The van der Waals surface area contributed by atoms with Crippen molar-refractivity contribution < 1.29 is 0 Å². The van der Waals surface area contributed by atoms with Gasteiger partial charge in [0.25, 0.3) is 0 Å². The van der Waals surface area contributed by atoms with Crippen molar-refractivity contribution >= 4 is 0 Å². The second kappa shape index (κ2) is 8.13. The second-order valence-electron chi connectivity index (χ2n) is 4.19. The molecule has 0 heterocycles. The number of hydrogen-bond donors (Lipinski definition) is 2. The standard InChI is InChI=1S/C12H25N2/c1-2-13-11-14-10-9-12-7-5-3-4-6-8-12/h13-14H,2-11H2,1H3/q+1. The van der Waals surface area contributed by atoms with E-state index in [1.165, 1.54) is 44.9 Å². The van der Waals surface area contributed by atoms with Crippen LogP contribution in [0.5, 0.6) is 0 Å². The van der Waals surface area contributed by atoms with E-state index in [4.69, 9.17) is 0 Å². The highest BCUT2D eigenvalue weighted by Gasteiger charge is 2.20. The average Bonchev–Trinajstić information content (AvgIpc) is 2.46. The summed E-state index contributed by atoms with van der Waals surface area (Å²) >= 11 is 0. The van der Waals surface area contributed by atoms with Gasteiger partial charge < -0.3 is 10.6 Å². The molecule has 1 aliphatic carbocycles. The van der Waals surface area contributed by atoms with Gasteiger partial charge >= 0.3 is 0 Å². The van der Waals surface area contributed by atoms with E-state index in [-0.39, 0.29) is 0 Å². The fourth-order valence-electron chi connectivity index (χ4n) is 2.05. The molecule has 2 heteroatoms. The van der Waals surface area contributed by atoms with E-state index < -0.39 is 0 Å². The van der Waals surface area contributed by atoms with Crippen LogP contribution in [0.25, 0.3) is 0 Å². The van der Waals surface area contributed by atoms with Crippen molar-refractivity contribution in [3.8, 4) is 0 Å². The summed E-state index contributed by atoms with van der Waals surface area (Å²) in [6.45, 7) is 5.32. The lowest BCUT2D eigenvalue weighted by molar-refractivity contribution is 0.561. The molecule has 14 heavy (non-hydrogen) atoms. The maximum Gasteiger partial charge on any atom is 0.102 e. The highest BCUT2D eigenvalue weighted by molar-refractivity contribution is 4.91. The van der Waals surface area contributed by atoms with Gasteiger partial charge in [-0.2, -0.15) is 0 Å². The molecule has 0 saturated heterocycles. The van der Waals surface area contributed by atoms with Crippen LogP contribution in [-0.4, -0.2) is 19.8 Å². The van der Waals surface area contributed by atoms with Crippen molar-refractivity contribution in [2.75, 3.05) is 19.8 Å². The number of hydrogen-bond acceptors (Lipinski definition) is 2. The molecule has 0 bridgehead atoms. The molecule has 0 atom stereocenters. The molecule has 0 aliphatic heterocycles. The van der Waals surface area contributed by atoms with Crippen molar-refractivity contribution in [3.05, 3.63) is 5.92 Å². The second-order valence-corrected chi connectivity index (χ2v) is 4.19. The Morgan fingerprint density at radius 2 is 1.71 bits per heavy atom. The summed E-state index contributed by atoms with van der Waals surface area (Å²) in [7, 11) is 0. The third-order valence-corrected chi connectivity index (χ3v) is 2.97. The van der Waals surface area contributed by atoms with Crippen LogP contribution in [0.15, 0.2) is 0 Å². The fraction of sp³-hybridized carbons (Fsp3) is 0.917. The van der Waals surface area contributed by atoms with Crippen LogP contribution in [0.1, 0.15) is 51.9 Å². The van der Waals surface area contributed by atoms with Crippen molar-refractivity contribution in [3.63, 3.8) is 0 Å². The van der Waals surface area contributed by atoms with Crippen LogP contribution in [0.4, 0.5) is 0 Å². The molecule has 2 nitrogen and oxygen atoms in total. The fourth-order valence-corrected chi connectivity index (χ4v) is 2.05. The molecule has 82 valence electrons. The largest absolute Gasteiger partial charge is 0.305 e. The van der Waals surface area contributed by atoms with Gasteiger partial charge in [0.2, 0.25) is 0 Å². The van der Waals surface area contributed by atoms with E-state index in [1.54, 1.807) is 5.92 Å². The molecular weight excluding hydrogens is 172 g/mol. The molecule has 0 unspecified atom stereocenters. The molecule has 0 amide bonds. The van der Waals surface area contributed by atoms with Crippen LogP contribution >= 0.6 is 0 Å². The molecule has 1 saturated carbocycles. The molecule has 0 aromatic carbocycles.